The Morgan fingerprint density at radius 2 is 2.08 bits per heavy atom. The van der Waals surface area contributed by atoms with Gasteiger partial charge in [-0.15, -0.1) is 0 Å². The van der Waals surface area contributed by atoms with E-state index in [2.05, 4.69) is 15.8 Å². The van der Waals surface area contributed by atoms with Gasteiger partial charge in [-0.3, -0.25) is 19.7 Å². The summed E-state index contributed by atoms with van der Waals surface area (Å²) in [7, 11) is 0. The fraction of sp³-hybridized carbons (Fsp3) is 0.400. The van der Waals surface area contributed by atoms with Gasteiger partial charge in [-0.25, -0.2) is 0 Å². The monoisotopic (exact) mass is 336 g/mol. The Bertz CT molecular complexity index is 614. The number of hydrogen-bond donors (Lipinski definition) is 2. The summed E-state index contributed by atoms with van der Waals surface area (Å²) in [6.07, 6.45) is 2.48. The number of hydrogen-bond acceptors (Lipinski definition) is 6. The number of rotatable bonds is 9. The first-order valence-electron chi connectivity index (χ1n) is 7.46. The highest BCUT2D eigenvalue weighted by atomic mass is 16.6. The van der Waals surface area contributed by atoms with Crippen LogP contribution >= 0.6 is 0 Å². The lowest BCUT2D eigenvalue weighted by Gasteiger charge is -2.13. The summed E-state index contributed by atoms with van der Waals surface area (Å²) in [5.74, 6) is -0.948. The van der Waals surface area contributed by atoms with Gasteiger partial charge in [0.2, 0.25) is 0 Å². The molecule has 9 nitrogen and oxygen atoms in total. The van der Waals surface area contributed by atoms with E-state index in [0.29, 0.717) is 0 Å². The third-order valence-electron chi connectivity index (χ3n) is 3.12. The number of non-ortho nitro benzene ring substituents is 1. The molecular formula is C15H20N4O5. The number of oxime groups is 1. The minimum atomic E-state index is -0.629. The number of nitro benzene ring substituents is 1. The van der Waals surface area contributed by atoms with Gasteiger partial charge < -0.3 is 15.5 Å². The van der Waals surface area contributed by atoms with Gasteiger partial charge in [0.1, 0.15) is 6.21 Å². The smallest absolute Gasteiger partial charge is 0.271 e. The normalized spacial score (nSPS) is 10.6. The summed E-state index contributed by atoms with van der Waals surface area (Å²) in [5.41, 5.74) is 0.117. The average Bonchev–Trinajstić information content (AvgIpc) is 2.56. The molecule has 0 bridgehead atoms. The van der Waals surface area contributed by atoms with E-state index < -0.39 is 10.8 Å². The first-order chi connectivity index (χ1) is 11.5. The third-order valence-corrected chi connectivity index (χ3v) is 3.12. The van der Waals surface area contributed by atoms with Crippen LogP contribution in [0, 0.1) is 10.1 Å². The summed E-state index contributed by atoms with van der Waals surface area (Å²) in [6.45, 7) is 3.63. The fourth-order valence-electron chi connectivity index (χ4n) is 1.81. The average molecular weight is 336 g/mol. The summed E-state index contributed by atoms with van der Waals surface area (Å²) < 4.78 is 0. The lowest BCUT2D eigenvalue weighted by Crippen LogP contribution is -2.36. The van der Waals surface area contributed by atoms with Crippen LogP contribution < -0.4 is 10.6 Å². The Morgan fingerprint density at radius 3 is 2.71 bits per heavy atom. The molecule has 1 aromatic rings. The maximum absolute atomic E-state index is 11.6. The zero-order chi connectivity index (χ0) is 17.9. The van der Waals surface area contributed by atoms with Gasteiger partial charge >= 0.3 is 0 Å². The second kappa shape index (κ2) is 9.93. The standard InChI is InChI=1S/C15H20N4O5/c1-3-11(4-2)17-15(21)10-24-16-9-14(20)18-12-6-5-7-13(8-12)19(22)23/h5-9,11H,3-4,10H2,1-2H3,(H,17,21)(H,18,20)/b16-9-. The van der Waals surface area contributed by atoms with Crippen LogP contribution in [0.4, 0.5) is 11.4 Å². The molecule has 0 saturated carbocycles. The van der Waals surface area contributed by atoms with Crippen molar-refractivity contribution in [3.05, 3.63) is 34.4 Å². The van der Waals surface area contributed by atoms with Crippen LogP contribution in [0.3, 0.4) is 0 Å². The van der Waals surface area contributed by atoms with Gasteiger partial charge in [0.05, 0.1) is 4.92 Å². The fourth-order valence-corrected chi connectivity index (χ4v) is 1.81. The predicted molar refractivity (Wildman–Crippen MR) is 88.7 cm³/mol. The van der Waals surface area contributed by atoms with Crippen LogP contribution in [0.25, 0.3) is 0 Å². The number of carbonyl (C=O) groups is 2. The van der Waals surface area contributed by atoms with E-state index in [1.165, 1.54) is 24.3 Å². The first kappa shape index (κ1) is 19.1. The molecule has 0 aliphatic carbocycles. The van der Waals surface area contributed by atoms with Crippen LogP contribution in [-0.2, 0) is 14.4 Å². The Morgan fingerprint density at radius 1 is 1.38 bits per heavy atom. The van der Waals surface area contributed by atoms with E-state index in [1.54, 1.807) is 0 Å². The van der Waals surface area contributed by atoms with E-state index >= 15 is 0 Å². The SMILES string of the molecule is CCC(CC)NC(=O)CO/N=C\C(=O)Nc1cccc([N+](=O)[O-])c1. The van der Waals surface area contributed by atoms with Crippen molar-refractivity contribution in [2.45, 2.75) is 32.7 Å². The van der Waals surface area contributed by atoms with E-state index in [4.69, 9.17) is 4.84 Å². The number of carbonyl (C=O) groups excluding carboxylic acids is 2. The van der Waals surface area contributed by atoms with Crippen LogP contribution in [0.1, 0.15) is 26.7 Å². The van der Waals surface area contributed by atoms with Crippen molar-refractivity contribution in [2.24, 2.45) is 5.16 Å². The molecule has 9 heteroatoms. The van der Waals surface area contributed by atoms with Crippen molar-refractivity contribution < 1.29 is 19.3 Å². The molecule has 1 rings (SSSR count). The molecule has 24 heavy (non-hydrogen) atoms. The van der Waals surface area contributed by atoms with Crippen molar-refractivity contribution in [3.8, 4) is 0 Å². The topological polar surface area (TPSA) is 123 Å². The Kier molecular flexibility index (Phi) is 7.89. The van der Waals surface area contributed by atoms with Crippen molar-refractivity contribution in [1.29, 1.82) is 0 Å². The van der Waals surface area contributed by atoms with Crippen LogP contribution in [0.5, 0.6) is 0 Å². The van der Waals surface area contributed by atoms with Gasteiger partial charge in [-0.2, -0.15) is 0 Å². The van der Waals surface area contributed by atoms with Crippen molar-refractivity contribution in [1.82, 2.24) is 5.32 Å². The maximum Gasteiger partial charge on any atom is 0.271 e. The number of anilines is 1. The number of benzene rings is 1. The Balaban J connectivity index is 2.40. The Hall–Kier alpha value is -2.97. The van der Waals surface area contributed by atoms with Crippen LogP contribution in [-0.4, -0.2) is 35.6 Å². The zero-order valence-corrected chi connectivity index (χ0v) is 13.5. The molecular weight excluding hydrogens is 316 g/mol. The predicted octanol–water partition coefficient (Wildman–Crippen LogP) is 1.84. The molecule has 0 fully saturated rings. The maximum atomic E-state index is 11.6. The molecule has 0 spiro atoms. The molecule has 0 heterocycles. The van der Waals surface area contributed by atoms with Crippen molar-refractivity contribution >= 4 is 29.4 Å². The first-order valence-corrected chi connectivity index (χ1v) is 7.46. The molecule has 0 saturated heterocycles. The Labute approximate surface area is 139 Å². The van der Waals surface area contributed by atoms with E-state index in [0.717, 1.165) is 19.1 Å². The quantitative estimate of drug-likeness (QED) is 0.404. The second-order valence-electron chi connectivity index (χ2n) is 4.89. The van der Waals surface area contributed by atoms with Gasteiger partial charge in [-0.05, 0) is 18.9 Å². The van der Waals surface area contributed by atoms with E-state index in [1.807, 2.05) is 13.8 Å². The minimum absolute atomic E-state index is 0.0854. The molecule has 0 unspecified atom stereocenters. The van der Waals surface area contributed by atoms with Crippen LogP contribution in [0.2, 0.25) is 0 Å². The second-order valence-corrected chi connectivity index (χ2v) is 4.89. The molecule has 1 aromatic carbocycles. The molecule has 2 amide bonds. The summed E-state index contributed by atoms with van der Waals surface area (Å²) in [6, 6.07) is 5.56. The number of amides is 2. The largest absolute Gasteiger partial charge is 0.386 e. The van der Waals surface area contributed by atoms with Gasteiger partial charge in [0.25, 0.3) is 17.5 Å². The number of nitro groups is 1. The van der Waals surface area contributed by atoms with Crippen LogP contribution in [0.15, 0.2) is 29.4 Å². The molecule has 0 radical (unpaired) electrons. The number of nitrogens with one attached hydrogen (secondary N) is 2. The number of nitrogens with zero attached hydrogens (tertiary/aromatic N) is 2. The molecule has 0 aliphatic rings. The van der Waals surface area contributed by atoms with Gasteiger partial charge in [-0.1, -0.05) is 25.1 Å². The molecule has 0 atom stereocenters. The highest BCUT2D eigenvalue weighted by molar-refractivity contribution is 6.31. The summed E-state index contributed by atoms with van der Waals surface area (Å²) in [4.78, 5) is 38.0. The summed E-state index contributed by atoms with van der Waals surface area (Å²) in [5, 5.41) is 19.2. The van der Waals surface area contributed by atoms with Crippen molar-refractivity contribution in [2.75, 3.05) is 11.9 Å². The minimum Gasteiger partial charge on any atom is -0.386 e. The van der Waals surface area contributed by atoms with Gasteiger partial charge in [0, 0.05) is 23.9 Å². The highest BCUT2D eigenvalue weighted by Crippen LogP contribution is 2.16. The lowest BCUT2D eigenvalue weighted by atomic mass is 10.2. The molecule has 130 valence electrons. The van der Waals surface area contributed by atoms with Gasteiger partial charge in [0.15, 0.2) is 6.61 Å². The molecule has 0 aromatic heterocycles. The molecule has 2 N–H and O–H groups in total. The highest BCUT2D eigenvalue weighted by Gasteiger charge is 2.09. The molecule has 0 aliphatic heterocycles. The zero-order valence-electron chi connectivity index (χ0n) is 13.5. The van der Waals surface area contributed by atoms with E-state index in [-0.39, 0.29) is 29.9 Å². The lowest BCUT2D eigenvalue weighted by molar-refractivity contribution is -0.384. The summed E-state index contributed by atoms with van der Waals surface area (Å²) >= 11 is 0. The van der Waals surface area contributed by atoms with Crippen molar-refractivity contribution in [3.63, 3.8) is 0 Å². The van der Waals surface area contributed by atoms with E-state index in [9.17, 15) is 19.7 Å². The third kappa shape index (κ3) is 6.86.